The molecule has 0 aliphatic heterocycles. The van der Waals surface area contributed by atoms with Crippen LogP contribution in [0, 0.1) is 12.8 Å². The van der Waals surface area contributed by atoms with Gasteiger partial charge >= 0.3 is 0 Å². The molecule has 25 heavy (non-hydrogen) atoms. The smallest absolute Gasteiger partial charge is 0.227 e. The summed E-state index contributed by atoms with van der Waals surface area (Å²) < 4.78 is 2.09. The van der Waals surface area contributed by atoms with Gasteiger partial charge in [0.05, 0.1) is 11.4 Å². The van der Waals surface area contributed by atoms with Gasteiger partial charge in [0.25, 0.3) is 0 Å². The van der Waals surface area contributed by atoms with Crippen LogP contribution in [0.2, 0.25) is 0 Å². The quantitative estimate of drug-likeness (QED) is 0.764. The molecule has 0 bridgehead atoms. The molecule has 0 unspecified atom stereocenters. The summed E-state index contributed by atoms with van der Waals surface area (Å²) in [6.45, 7) is 2.76. The van der Waals surface area contributed by atoms with Gasteiger partial charge in [-0.25, -0.2) is 4.98 Å². The molecule has 1 aromatic carbocycles. The Labute approximate surface area is 145 Å². The Hall–Kier alpha value is -2.96. The molecule has 2 N–H and O–H groups in total. The lowest BCUT2D eigenvalue weighted by atomic mass is 9.89. The number of anilines is 1. The van der Waals surface area contributed by atoms with E-state index in [1.165, 1.54) is 5.56 Å². The first-order valence-corrected chi connectivity index (χ1v) is 8.45. The molecule has 0 spiro atoms. The van der Waals surface area contributed by atoms with Crippen molar-refractivity contribution >= 4 is 11.6 Å². The monoisotopic (exact) mass is 336 g/mol. The van der Waals surface area contributed by atoms with Crippen LogP contribution in [0.1, 0.15) is 29.2 Å². The number of H-pyrrole nitrogens is 1. The highest BCUT2D eigenvalue weighted by Gasteiger charge is 2.27. The summed E-state index contributed by atoms with van der Waals surface area (Å²) in [6, 6.07) is 7.96. The van der Waals surface area contributed by atoms with E-state index in [-0.39, 0.29) is 11.8 Å². The minimum absolute atomic E-state index is 0.0480. The van der Waals surface area contributed by atoms with Crippen LogP contribution >= 0.6 is 0 Å². The molecule has 1 atom stereocenters. The van der Waals surface area contributed by atoms with Crippen LogP contribution in [-0.2, 0) is 24.2 Å². The molecule has 7 heteroatoms. The number of benzene rings is 1. The minimum atomic E-state index is -0.0501. The highest BCUT2D eigenvalue weighted by atomic mass is 16.1. The van der Waals surface area contributed by atoms with Crippen molar-refractivity contribution in [3.05, 3.63) is 59.4 Å². The van der Waals surface area contributed by atoms with E-state index in [1.807, 2.05) is 37.4 Å². The lowest BCUT2D eigenvalue weighted by Gasteiger charge is -2.19. The number of hydrogen-bond donors (Lipinski definition) is 2. The van der Waals surface area contributed by atoms with Gasteiger partial charge in [-0.15, -0.1) is 0 Å². The van der Waals surface area contributed by atoms with E-state index in [0.717, 1.165) is 42.3 Å². The van der Waals surface area contributed by atoms with Crippen LogP contribution < -0.4 is 5.32 Å². The fourth-order valence-electron chi connectivity index (χ4n) is 3.21. The minimum Gasteiger partial charge on any atom is -0.331 e. The third-order valence-electron chi connectivity index (χ3n) is 4.74. The zero-order chi connectivity index (χ0) is 17.2. The van der Waals surface area contributed by atoms with E-state index in [4.69, 9.17) is 0 Å². The number of fused-ring (bicyclic) bond motifs is 1. The summed E-state index contributed by atoms with van der Waals surface area (Å²) in [5.74, 6) is 0.986. The van der Waals surface area contributed by atoms with Gasteiger partial charge in [0, 0.05) is 37.0 Å². The molecule has 128 valence electrons. The molecule has 0 saturated heterocycles. The molecule has 1 aliphatic rings. The first kappa shape index (κ1) is 15.6. The number of amides is 1. The first-order chi connectivity index (χ1) is 12.2. The fraction of sp³-hybridized carbons (Fsp3) is 0.333. The maximum Gasteiger partial charge on any atom is 0.227 e. The fourth-order valence-corrected chi connectivity index (χ4v) is 3.21. The number of nitrogens with zero attached hydrogens (tertiary/aromatic N) is 4. The Morgan fingerprint density at radius 3 is 2.84 bits per heavy atom. The van der Waals surface area contributed by atoms with Gasteiger partial charge in [-0.1, -0.05) is 12.1 Å². The highest BCUT2D eigenvalue weighted by Crippen LogP contribution is 2.23. The summed E-state index contributed by atoms with van der Waals surface area (Å²) in [5.41, 5.74) is 3.90. The Morgan fingerprint density at radius 2 is 2.08 bits per heavy atom. The number of aromatic nitrogens is 5. The largest absolute Gasteiger partial charge is 0.331 e. The molecule has 2 aromatic heterocycles. The third-order valence-corrected chi connectivity index (χ3v) is 4.74. The predicted molar refractivity (Wildman–Crippen MR) is 93.0 cm³/mol. The van der Waals surface area contributed by atoms with E-state index >= 15 is 0 Å². The van der Waals surface area contributed by atoms with E-state index < -0.39 is 0 Å². The lowest BCUT2D eigenvalue weighted by Crippen LogP contribution is -2.28. The van der Waals surface area contributed by atoms with Crippen LogP contribution in [0.3, 0.4) is 0 Å². The summed E-state index contributed by atoms with van der Waals surface area (Å²) in [4.78, 5) is 16.7. The van der Waals surface area contributed by atoms with Gasteiger partial charge in [0.15, 0.2) is 0 Å². The Balaban J connectivity index is 1.38. The number of aryl methyl sites for hydroxylation is 2. The van der Waals surface area contributed by atoms with Crippen molar-refractivity contribution in [3.63, 3.8) is 0 Å². The number of rotatable bonds is 4. The molecule has 2 heterocycles. The van der Waals surface area contributed by atoms with Crippen LogP contribution in [0.15, 0.2) is 36.7 Å². The van der Waals surface area contributed by atoms with Crippen molar-refractivity contribution in [3.8, 4) is 0 Å². The molecule has 0 saturated carbocycles. The molecule has 7 nitrogen and oxygen atoms in total. The Kier molecular flexibility index (Phi) is 4.05. The molecule has 1 amide bonds. The number of aromatic amines is 1. The van der Waals surface area contributed by atoms with Gasteiger partial charge in [0.1, 0.15) is 5.82 Å². The van der Waals surface area contributed by atoms with Gasteiger partial charge < -0.3 is 9.88 Å². The number of carbonyl (C=O) groups excluding carboxylic acids is 1. The van der Waals surface area contributed by atoms with Crippen molar-refractivity contribution in [2.45, 2.75) is 32.7 Å². The predicted octanol–water partition coefficient (Wildman–Crippen LogP) is 2.10. The van der Waals surface area contributed by atoms with Crippen LogP contribution in [0.5, 0.6) is 0 Å². The number of nitrogens with one attached hydrogen (secondary N) is 2. The van der Waals surface area contributed by atoms with E-state index in [1.54, 1.807) is 6.20 Å². The average molecular weight is 336 g/mol. The van der Waals surface area contributed by atoms with Gasteiger partial charge in [-0.3, -0.25) is 4.79 Å². The molecular weight excluding hydrogens is 316 g/mol. The number of hydrogen-bond acceptors (Lipinski definition) is 4. The molecule has 1 aliphatic carbocycles. The van der Waals surface area contributed by atoms with Crippen molar-refractivity contribution in [2.75, 3.05) is 5.32 Å². The zero-order valence-electron chi connectivity index (χ0n) is 14.1. The van der Waals surface area contributed by atoms with Gasteiger partial charge in [-0.05, 0) is 37.5 Å². The molecule has 4 rings (SSSR count). The second-order valence-electron chi connectivity index (χ2n) is 6.45. The summed E-state index contributed by atoms with van der Waals surface area (Å²) in [7, 11) is 0. The van der Waals surface area contributed by atoms with Crippen molar-refractivity contribution in [1.29, 1.82) is 0 Å². The van der Waals surface area contributed by atoms with E-state index in [2.05, 4.69) is 30.3 Å². The SMILES string of the molecule is Cc1nccn1Cc1ccc(NC(=O)[C@@H]2CCc3n[nH]nc3C2)cc1. The van der Waals surface area contributed by atoms with Crippen LogP contribution in [0.4, 0.5) is 5.69 Å². The number of carbonyl (C=O) groups is 1. The Morgan fingerprint density at radius 1 is 1.28 bits per heavy atom. The third kappa shape index (κ3) is 3.31. The highest BCUT2D eigenvalue weighted by molar-refractivity contribution is 5.92. The van der Waals surface area contributed by atoms with E-state index in [9.17, 15) is 4.79 Å². The van der Waals surface area contributed by atoms with Crippen molar-refractivity contribution in [1.82, 2.24) is 25.0 Å². The maximum atomic E-state index is 12.5. The summed E-state index contributed by atoms with van der Waals surface area (Å²) >= 11 is 0. The number of imidazole rings is 1. The zero-order valence-corrected chi connectivity index (χ0v) is 14.1. The molecule has 0 radical (unpaired) electrons. The van der Waals surface area contributed by atoms with Crippen LogP contribution in [0.25, 0.3) is 0 Å². The van der Waals surface area contributed by atoms with Crippen molar-refractivity contribution in [2.24, 2.45) is 5.92 Å². The second-order valence-corrected chi connectivity index (χ2v) is 6.45. The second kappa shape index (κ2) is 6.51. The normalized spacial score (nSPS) is 16.4. The van der Waals surface area contributed by atoms with Crippen LogP contribution in [-0.4, -0.2) is 30.9 Å². The summed E-state index contributed by atoms with van der Waals surface area (Å²) in [5, 5.41) is 13.9. The molecule has 3 aromatic rings. The standard InChI is InChI=1S/C18H20N6O/c1-12-19-8-9-24(12)11-13-2-5-15(6-3-13)20-18(25)14-4-7-16-17(10-14)22-23-21-16/h2-3,5-6,8-9,14H,4,7,10-11H2,1H3,(H,20,25)(H,21,22,23)/t14-/m1/s1. The van der Waals surface area contributed by atoms with Gasteiger partial charge in [-0.2, -0.15) is 15.4 Å². The molecule has 0 fully saturated rings. The first-order valence-electron chi connectivity index (χ1n) is 8.45. The lowest BCUT2D eigenvalue weighted by molar-refractivity contribution is -0.120. The van der Waals surface area contributed by atoms with Gasteiger partial charge in [0.2, 0.25) is 5.91 Å². The van der Waals surface area contributed by atoms with E-state index in [0.29, 0.717) is 6.42 Å². The average Bonchev–Trinajstić information content (AvgIpc) is 3.25. The molecular formula is C18H20N6O. The topological polar surface area (TPSA) is 88.5 Å². The maximum absolute atomic E-state index is 12.5. The Bertz CT molecular complexity index is 879. The summed E-state index contributed by atoms with van der Waals surface area (Å²) in [6.07, 6.45) is 6.02. The van der Waals surface area contributed by atoms with Crippen molar-refractivity contribution < 1.29 is 4.79 Å².